The van der Waals surface area contributed by atoms with E-state index >= 15 is 0 Å². The third-order valence-electron chi connectivity index (χ3n) is 3.82. The average Bonchev–Trinajstić information content (AvgIpc) is 2.65. The Labute approximate surface area is 154 Å². The molecule has 2 N–H and O–H groups in total. The summed E-state index contributed by atoms with van der Waals surface area (Å²) in [5, 5.41) is 5.61. The molecule has 0 aliphatic heterocycles. The number of amides is 2. The van der Waals surface area contributed by atoms with Crippen LogP contribution in [0.2, 0.25) is 0 Å². The largest absolute Gasteiger partial charge is 0.484 e. The number of carbonyl (C=O) groups excluding carboxylic acids is 2. The first-order valence-electron chi connectivity index (χ1n) is 8.88. The number of rotatable bonds is 8. The average molecular weight is 354 g/mol. The Morgan fingerprint density at radius 2 is 1.73 bits per heavy atom. The number of para-hydroxylation sites is 1. The number of ether oxygens (including phenoxy) is 1. The quantitative estimate of drug-likeness (QED) is 0.760. The van der Waals surface area contributed by atoms with E-state index < -0.39 is 0 Å². The number of anilines is 1. The van der Waals surface area contributed by atoms with Gasteiger partial charge in [-0.05, 0) is 42.2 Å². The molecule has 0 heterocycles. The first-order valence-corrected chi connectivity index (χ1v) is 8.88. The van der Waals surface area contributed by atoms with Crippen molar-refractivity contribution in [2.75, 3.05) is 18.5 Å². The van der Waals surface area contributed by atoms with E-state index in [0.717, 1.165) is 6.42 Å². The van der Waals surface area contributed by atoms with Gasteiger partial charge < -0.3 is 15.4 Å². The van der Waals surface area contributed by atoms with Gasteiger partial charge in [0, 0.05) is 6.54 Å². The number of hydrogen-bond acceptors (Lipinski definition) is 3. The second-order valence-electron chi connectivity index (χ2n) is 6.48. The zero-order valence-corrected chi connectivity index (χ0v) is 15.5. The molecular weight excluding hydrogens is 328 g/mol. The van der Waals surface area contributed by atoms with Crippen LogP contribution >= 0.6 is 0 Å². The van der Waals surface area contributed by atoms with E-state index in [9.17, 15) is 9.59 Å². The Morgan fingerprint density at radius 3 is 2.38 bits per heavy atom. The van der Waals surface area contributed by atoms with Gasteiger partial charge in [-0.15, -0.1) is 0 Å². The van der Waals surface area contributed by atoms with Gasteiger partial charge in [0.25, 0.3) is 11.8 Å². The maximum Gasteiger partial charge on any atom is 0.262 e. The maximum atomic E-state index is 12.3. The molecule has 0 fully saturated rings. The highest BCUT2D eigenvalue weighted by Gasteiger charge is 2.13. The second kappa shape index (κ2) is 9.61. The number of aryl methyl sites for hydroxylation is 1. The molecular formula is C21H26N2O3. The van der Waals surface area contributed by atoms with Crippen LogP contribution in [0.15, 0.2) is 48.5 Å². The Morgan fingerprint density at radius 1 is 1.04 bits per heavy atom. The lowest BCUT2D eigenvalue weighted by Crippen LogP contribution is -2.29. The van der Waals surface area contributed by atoms with Crippen molar-refractivity contribution in [3.8, 4) is 5.75 Å². The Bertz CT molecular complexity index is 739. The lowest BCUT2D eigenvalue weighted by molar-refractivity contribution is -0.118. The van der Waals surface area contributed by atoms with Gasteiger partial charge in [-0.2, -0.15) is 0 Å². The molecule has 2 aromatic rings. The second-order valence-corrected chi connectivity index (χ2v) is 6.48. The highest BCUT2D eigenvalue weighted by Crippen LogP contribution is 2.16. The van der Waals surface area contributed by atoms with Crippen LogP contribution in [-0.4, -0.2) is 25.0 Å². The van der Waals surface area contributed by atoms with Gasteiger partial charge in [0.15, 0.2) is 6.61 Å². The molecule has 0 saturated carbocycles. The summed E-state index contributed by atoms with van der Waals surface area (Å²) < 4.78 is 5.51. The van der Waals surface area contributed by atoms with E-state index in [1.165, 1.54) is 5.56 Å². The number of benzene rings is 2. The van der Waals surface area contributed by atoms with Crippen molar-refractivity contribution < 1.29 is 14.3 Å². The molecule has 2 amide bonds. The fraction of sp³-hybridized carbons (Fsp3) is 0.333. The molecule has 0 bridgehead atoms. The van der Waals surface area contributed by atoms with E-state index in [4.69, 9.17) is 4.74 Å². The van der Waals surface area contributed by atoms with Crippen LogP contribution in [0.25, 0.3) is 0 Å². The maximum absolute atomic E-state index is 12.3. The molecule has 138 valence electrons. The molecule has 0 aliphatic carbocycles. The molecule has 0 unspecified atom stereocenters. The summed E-state index contributed by atoms with van der Waals surface area (Å²) in [6, 6.07) is 14.6. The van der Waals surface area contributed by atoms with Crippen LogP contribution in [0.3, 0.4) is 0 Å². The monoisotopic (exact) mass is 354 g/mol. The van der Waals surface area contributed by atoms with Crippen molar-refractivity contribution >= 4 is 17.5 Å². The van der Waals surface area contributed by atoms with E-state index in [-0.39, 0.29) is 18.4 Å². The van der Waals surface area contributed by atoms with Crippen LogP contribution in [0.4, 0.5) is 5.69 Å². The molecule has 0 spiro atoms. The highest BCUT2D eigenvalue weighted by atomic mass is 16.5. The zero-order valence-electron chi connectivity index (χ0n) is 15.5. The van der Waals surface area contributed by atoms with Crippen molar-refractivity contribution in [2.24, 2.45) is 5.92 Å². The minimum Gasteiger partial charge on any atom is -0.484 e. The van der Waals surface area contributed by atoms with Crippen LogP contribution in [0.5, 0.6) is 5.75 Å². The summed E-state index contributed by atoms with van der Waals surface area (Å²) >= 11 is 0. The predicted octanol–water partition coefficient (Wildman–Crippen LogP) is 3.65. The summed E-state index contributed by atoms with van der Waals surface area (Å²) in [5.41, 5.74) is 2.13. The third kappa shape index (κ3) is 5.92. The smallest absolute Gasteiger partial charge is 0.262 e. The van der Waals surface area contributed by atoms with Gasteiger partial charge in [0.2, 0.25) is 0 Å². The van der Waals surface area contributed by atoms with Gasteiger partial charge in [-0.3, -0.25) is 9.59 Å². The van der Waals surface area contributed by atoms with E-state index in [2.05, 4.69) is 17.6 Å². The molecule has 0 aromatic heterocycles. The molecule has 0 radical (unpaired) electrons. The lowest BCUT2D eigenvalue weighted by Gasteiger charge is -2.13. The van der Waals surface area contributed by atoms with E-state index in [1.54, 1.807) is 24.3 Å². The first-order chi connectivity index (χ1) is 12.5. The zero-order chi connectivity index (χ0) is 18.9. The number of hydrogen-bond donors (Lipinski definition) is 2. The molecule has 2 rings (SSSR count). The summed E-state index contributed by atoms with van der Waals surface area (Å²) in [7, 11) is 0. The highest BCUT2D eigenvalue weighted by molar-refractivity contribution is 6.04. The molecule has 0 atom stereocenters. The summed E-state index contributed by atoms with van der Waals surface area (Å²) in [6.45, 7) is 6.60. The fourth-order valence-electron chi connectivity index (χ4n) is 2.34. The van der Waals surface area contributed by atoms with Gasteiger partial charge in [0.05, 0.1) is 11.3 Å². The van der Waals surface area contributed by atoms with Crippen molar-refractivity contribution in [2.45, 2.75) is 27.2 Å². The van der Waals surface area contributed by atoms with Crippen LogP contribution in [0, 0.1) is 5.92 Å². The van der Waals surface area contributed by atoms with E-state index in [0.29, 0.717) is 29.5 Å². The van der Waals surface area contributed by atoms with Crippen LogP contribution < -0.4 is 15.4 Å². The Kier molecular flexibility index (Phi) is 7.21. The van der Waals surface area contributed by atoms with Crippen molar-refractivity contribution in [3.63, 3.8) is 0 Å². The minimum atomic E-state index is -0.311. The Hall–Kier alpha value is -2.82. The predicted molar refractivity (Wildman–Crippen MR) is 104 cm³/mol. The SMILES string of the molecule is CCc1ccc(OCC(=O)Nc2ccccc2C(=O)NCC(C)C)cc1. The molecule has 26 heavy (non-hydrogen) atoms. The summed E-state index contributed by atoms with van der Waals surface area (Å²) in [4.78, 5) is 24.5. The molecule has 2 aromatic carbocycles. The van der Waals surface area contributed by atoms with Gasteiger partial charge >= 0.3 is 0 Å². The molecule has 5 nitrogen and oxygen atoms in total. The Balaban J connectivity index is 1.94. The van der Waals surface area contributed by atoms with Crippen LogP contribution in [-0.2, 0) is 11.2 Å². The lowest BCUT2D eigenvalue weighted by atomic mass is 10.1. The molecule has 0 saturated heterocycles. The van der Waals surface area contributed by atoms with Crippen molar-refractivity contribution in [3.05, 3.63) is 59.7 Å². The third-order valence-corrected chi connectivity index (χ3v) is 3.82. The molecule has 5 heteroatoms. The molecule has 0 aliphatic rings. The number of carbonyl (C=O) groups is 2. The van der Waals surface area contributed by atoms with Crippen molar-refractivity contribution in [1.29, 1.82) is 0 Å². The van der Waals surface area contributed by atoms with Crippen LogP contribution in [0.1, 0.15) is 36.7 Å². The summed E-state index contributed by atoms with van der Waals surface area (Å²) in [6.07, 6.45) is 0.955. The van der Waals surface area contributed by atoms with Gasteiger partial charge in [0.1, 0.15) is 5.75 Å². The minimum absolute atomic E-state index is 0.118. The normalized spacial score (nSPS) is 10.5. The first kappa shape index (κ1) is 19.5. The fourth-order valence-corrected chi connectivity index (χ4v) is 2.34. The summed E-state index contributed by atoms with van der Waals surface area (Å²) in [5.74, 6) is 0.480. The standard InChI is InChI=1S/C21H26N2O3/c1-4-16-9-11-17(12-10-16)26-14-20(24)23-19-8-6-5-7-18(19)21(25)22-13-15(2)3/h5-12,15H,4,13-14H2,1-3H3,(H,22,25)(H,23,24). The van der Waals surface area contributed by atoms with Gasteiger partial charge in [-0.1, -0.05) is 45.0 Å². The van der Waals surface area contributed by atoms with E-state index in [1.807, 2.05) is 38.1 Å². The van der Waals surface area contributed by atoms with Gasteiger partial charge in [-0.25, -0.2) is 0 Å². The number of nitrogens with one attached hydrogen (secondary N) is 2. The van der Waals surface area contributed by atoms with Crippen molar-refractivity contribution in [1.82, 2.24) is 5.32 Å². The topological polar surface area (TPSA) is 67.4 Å².